The van der Waals surface area contributed by atoms with Crippen LogP contribution in [0.25, 0.3) is 0 Å². The first-order chi connectivity index (χ1) is 7.88. The number of carbonyl (C=O) groups excluding carboxylic acids is 2. The van der Waals surface area contributed by atoms with Gasteiger partial charge < -0.3 is 15.2 Å². The molecule has 0 unspecified atom stereocenters. The lowest BCUT2D eigenvalue weighted by atomic mass is 10.0. The number of ether oxygens (including phenoxy) is 1. The fourth-order valence-corrected chi connectivity index (χ4v) is 2.08. The highest BCUT2D eigenvalue weighted by atomic mass is 35.5. The number of esters is 1. The summed E-state index contributed by atoms with van der Waals surface area (Å²) in [6.07, 6.45) is -0.509. The Bertz CT molecular complexity index is 349. The van der Waals surface area contributed by atoms with Gasteiger partial charge in [0.25, 0.3) is 0 Å². The van der Waals surface area contributed by atoms with E-state index in [2.05, 4.69) is 10.1 Å². The molecule has 0 saturated carbocycles. The minimum Gasteiger partial charge on any atom is -0.480 e. The number of hydrogen-bond donors (Lipinski definition) is 2. The van der Waals surface area contributed by atoms with E-state index in [-0.39, 0.29) is 24.7 Å². The third-order valence-electron chi connectivity index (χ3n) is 2.93. The highest BCUT2D eigenvalue weighted by Gasteiger charge is 2.46. The number of carboxylic acid groups (broad SMARTS) is 1. The number of nitrogens with zero attached hydrogens (tertiary/aromatic N) is 1. The van der Waals surface area contributed by atoms with E-state index in [9.17, 15) is 14.4 Å². The number of nitrogens with one attached hydrogen (secondary N) is 1. The summed E-state index contributed by atoms with van der Waals surface area (Å²) < 4.78 is 4.61. The molecule has 1 amide bonds. The number of amides is 1. The molecule has 1 rings (SSSR count). The SMILES string of the molecule is COC(=O)[C@@H]1C[C@H](C(=O)O)N(C)[C@H]1NC(C)=O.Cl. The molecule has 1 fully saturated rings. The molecule has 0 aromatic heterocycles. The van der Waals surface area contributed by atoms with Gasteiger partial charge in [-0.3, -0.25) is 19.3 Å². The summed E-state index contributed by atoms with van der Waals surface area (Å²) in [7, 11) is 2.80. The van der Waals surface area contributed by atoms with Crippen LogP contribution in [0, 0.1) is 5.92 Å². The maximum absolute atomic E-state index is 11.5. The fourth-order valence-electron chi connectivity index (χ4n) is 2.08. The Hall–Kier alpha value is -1.34. The number of likely N-dealkylation sites (tertiary alicyclic amines) is 1. The second-order valence-electron chi connectivity index (χ2n) is 4.03. The molecule has 1 aliphatic heterocycles. The second kappa shape index (κ2) is 6.55. The Kier molecular flexibility index (Phi) is 6.07. The largest absolute Gasteiger partial charge is 0.480 e. The molecule has 0 aromatic rings. The van der Waals surface area contributed by atoms with Crippen molar-refractivity contribution < 1.29 is 24.2 Å². The van der Waals surface area contributed by atoms with Crippen molar-refractivity contribution in [2.45, 2.75) is 25.6 Å². The highest BCUT2D eigenvalue weighted by Crippen LogP contribution is 2.28. The van der Waals surface area contributed by atoms with Gasteiger partial charge in [0.15, 0.2) is 0 Å². The van der Waals surface area contributed by atoms with Crippen LogP contribution in [-0.4, -0.2) is 54.2 Å². The molecule has 0 bridgehead atoms. The number of carbonyl (C=O) groups is 3. The predicted octanol–water partition coefficient (Wildman–Crippen LogP) is -0.552. The normalized spacial score (nSPS) is 27.2. The quantitative estimate of drug-likeness (QED) is 0.674. The third kappa shape index (κ3) is 3.33. The van der Waals surface area contributed by atoms with E-state index in [1.165, 1.54) is 18.9 Å². The zero-order valence-electron chi connectivity index (χ0n) is 10.4. The number of hydrogen-bond acceptors (Lipinski definition) is 5. The average Bonchev–Trinajstić information content (AvgIpc) is 2.55. The van der Waals surface area contributed by atoms with Crippen LogP contribution < -0.4 is 5.32 Å². The molecule has 0 aliphatic carbocycles. The van der Waals surface area contributed by atoms with Crippen molar-refractivity contribution in [3.05, 3.63) is 0 Å². The van der Waals surface area contributed by atoms with Crippen LogP contribution >= 0.6 is 12.4 Å². The molecule has 1 aliphatic rings. The maximum Gasteiger partial charge on any atom is 0.321 e. The summed E-state index contributed by atoms with van der Waals surface area (Å²) in [5, 5.41) is 11.6. The first kappa shape index (κ1) is 16.7. The van der Waals surface area contributed by atoms with Crippen LogP contribution in [0.4, 0.5) is 0 Å². The van der Waals surface area contributed by atoms with Gasteiger partial charge >= 0.3 is 11.9 Å². The standard InChI is InChI=1S/C10H16N2O5.ClH/c1-5(13)11-8-6(10(16)17-3)4-7(9(14)15)12(8)2;/h6-8H,4H2,1-3H3,(H,11,13)(H,14,15);1H/t6-,7-,8-;/m1./s1. The number of likely N-dealkylation sites (N-methyl/N-ethyl adjacent to an activating group) is 1. The summed E-state index contributed by atoms with van der Waals surface area (Å²) in [4.78, 5) is 35.0. The van der Waals surface area contributed by atoms with Gasteiger partial charge in [-0.15, -0.1) is 12.4 Å². The predicted molar refractivity (Wildman–Crippen MR) is 64.2 cm³/mol. The first-order valence-electron chi connectivity index (χ1n) is 5.18. The number of halogens is 1. The summed E-state index contributed by atoms with van der Waals surface area (Å²) in [5.74, 6) is -2.51. The van der Waals surface area contributed by atoms with Crippen LogP contribution in [0.3, 0.4) is 0 Å². The van der Waals surface area contributed by atoms with Gasteiger partial charge in [0.2, 0.25) is 5.91 Å². The van der Waals surface area contributed by atoms with E-state index in [0.29, 0.717) is 0 Å². The second-order valence-corrected chi connectivity index (χ2v) is 4.03. The molecular formula is C10H17ClN2O5. The van der Waals surface area contributed by atoms with E-state index >= 15 is 0 Å². The molecular weight excluding hydrogens is 264 g/mol. The third-order valence-corrected chi connectivity index (χ3v) is 2.93. The average molecular weight is 281 g/mol. The monoisotopic (exact) mass is 280 g/mol. The molecule has 3 atom stereocenters. The van der Waals surface area contributed by atoms with Crippen molar-refractivity contribution in [2.75, 3.05) is 14.2 Å². The molecule has 7 nitrogen and oxygen atoms in total. The minimum absolute atomic E-state index is 0. The van der Waals surface area contributed by atoms with E-state index in [4.69, 9.17) is 5.11 Å². The van der Waals surface area contributed by atoms with Crippen LogP contribution in [0.15, 0.2) is 0 Å². The molecule has 0 spiro atoms. The zero-order chi connectivity index (χ0) is 13.2. The van der Waals surface area contributed by atoms with Gasteiger partial charge in [-0.05, 0) is 13.5 Å². The van der Waals surface area contributed by atoms with Crippen molar-refractivity contribution in [1.82, 2.24) is 10.2 Å². The van der Waals surface area contributed by atoms with E-state index in [1.54, 1.807) is 7.05 Å². The molecule has 2 N–H and O–H groups in total. The Labute approximate surface area is 111 Å². The van der Waals surface area contributed by atoms with Crippen molar-refractivity contribution >= 4 is 30.3 Å². The first-order valence-corrected chi connectivity index (χ1v) is 5.18. The maximum atomic E-state index is 11.5. The van der Waals surface area contributed by atoms with Crippen LogP contribution in [0.5, 0.6) is 0 Å². The Balaban J connectivity index is 0.00000289. The Morgan fingerprint density at radius 2 is 1.94 bits per heavy atom. The Morgan fingerprint density at radius 1 is 1.39 bits per heavy atom. The van der Waals surface area contributed by atoms with Crippen molar-refractivity contribution in [2.24, 2.45) is 5.92 Å². The fraction of sp³-hybridized carbons (Fsp3) is 0.700. The smallest absolute Gasteiger partial charge is 0.321 e. The molecule has 104 valence electrons. The summed E-state index contributed by atoms with van der Waals surface area (Å²) in [6, 6.07) is -0.795. The number of aliphatic carboxylic acids is 1. The van der Waals surface area contributed by atoms with Crippen molar-refractivity contribution in [3.63, 3.8) is 0 Å². The van der Waals surface area contributed by atoms with E-state index in [1.807, 2.05) is 0 Å². The Morgan fingerprint density at radius 3 is 2.33 bits per heavy atom. The molecule has 1 saturated heterocycles. The van der Waals surface area contributed by atoms with Crippen LogP contribution in [-0.2, 0) is 19.1 Å². The molecule has 1 heterocycles. The molecule has 8 heteroatoms. The number of rotatable bonds is 3. The van der Waals surface area contributed by atoms with Gasteiger partial charge in [-0.25, -0.2) is 0 Å². The van der Waals surface area contributed by atoms with Gasteiger partial charge in [-0.2, -0.15) is 0 Å². The van der Waals surface area contributed by atoms with Gasteiger partial charge in [0.05, 0.1) is 19.2 Å². The lowest BCUT2D eigenvalue weighted by Crippen LogP contribution is -2.49. The van der Waals surface area contributed by atoms with Gasteiger partial charge in [-0.1, -0.05) is 0 Å². The topological polar surface area (TPSA) is 95.9 Å². The molecule has 0 radical (unpaired) electrons. The van der Waals surface area contributed by atoms with E-state index < -0.39 is 30.1 Å². The lowest BCUT2D eigenvalue weighted by molar-refractivity contribution is -0.147. The van der Waals surface area contributed by atoms with Crippen LogP contribution in [0.2, 0.25) is 0 Å². The molecule has 0 aromatic carbocycles. The molecule has 18 heavy (non-hydrogen) atoms. The number of methoxy groups -OCH3 is 1. The van der Waals surface area contributed by atoms with E-state index in [0.717, 1.165) is 0 Å². The lowest BCUT2D eigenvalue weighted by Gasteiger charge is -2.25. The van der Waals surface area contributed by atoms with Gasteiger partial charge in [0, 0.05) is 6.92 Å². The number of carboxylic acids is 1. The van der Waals surface area contributed by atoms with Crippen molar-refractivity contribution in [3.8, 4) is 0 Å². The van der Waals surface area contributed by atoms with Gasteiger partial charge in [0.1, 0.15) is 6.04 Å². The summed E-state index contributed by atoms with van der Waals surface area (Å²) in [5.41, 5.74) is 0. The highest BCUT2D eigenvalue weighted by molar-refractivity contribution is 5.85. The zero-order valence-corrected chi connectivity index (χ0v) is 11.2. The van der Waals surface area contributed by atoms with Crippen LogP contribution in [0.1, 0.15) is 13.3 Å². The van der Waals surface area contributed by atoms with Crippen molar-refractivity contribution in [1.29, 1.82) is 0 Å². The summed E-state index contributed by atoms with van der Waals surface area (Å²) >= 11 is 0. The summed E-state index contributed by atoms with van der Waals surface area (Å²) in [6.45, 7) is 1.32. The minimum atomic E-state index is -1.02.